The number of nitrogens with one attached hydrogen (secondary N) is 2. The molecular formula is C17H25N5O5. The maximum absolute atomic E-state index is 13.0. The van der Waals surface area contributed by atoms with Crippen LogP contribution in [-0.4, -0.2) is 61.6 Å². The van der Waals surface area contributed by atoms with Crippen LogP contribution in [0.15, 0.2) is 18.6 Å². The highest BCUT2D eigenvalue weighted by atomic mass is 16.5. The van der Waals surface area contributed by atoms with Crippen LogP contribution in [0.4, 0.5) is 5.82 Å². The van der Waals surface area contributed by atoms with Gasteiger partial charge in [0.2, 0.25) is 11.8 Å². The SMILES string of the molecule is CCCCC(C(=O)N1CCCC1C(=O)Nc1ccncn1)C(O)C(=O)NO. The molecular weight excluding hydrogens is 354 g/mol. The molecule has 3 amide bonds. The number of hydroxylamine groups is 1. The number of carbonyl (C=O) groups is 3. The number of rotatable bonds is 8. The maximum atomic E-state index is 13.0. The number of anilines is 1. The second-order valence-electron chi connectivity index (χ2n) is 6.44. The Morgan fingerprint density at radius 1 is 1.41 bits per heavy atom. The number of hydrogen-bond donors (Lipinski definition) is 4. The largest absolute Gasteiger partial charge is 0.382 e. The summed E-state index contributed by atoms with van der Waals surface area (Å²) in [5.74, 6) is -2.58. The van der Waals surface area contributed by atoms with Crippen LogP contribution in [0.5, 0.6) is 0 Å². The molecule has 2 heterocycles. The molecule has 1 aliphatic rings. The first-order chi connectivity index (χ1) is 13.0. The summed E-state index contributed by atoms with van der Waals surface area (Å²) in [6.07, 6.45) is 3.90. The van der Waals surface area contributed by atoms with E-state index in [2.05, 4.69) is 15.3 Å². The van der Waals surface area contributed by atoms with Crippen LogP contribution >= 0.6 is 0 Å². The van der Waals surface area contributed by atoms with Gasteiger partial charge in [-0.15, -0.1) is 0 Å². The van der Waals surface area contributed by atoms with Gasteiger partial charge in [0.05, 0.1) is 5.92 Å². The third-order valence-electron chi connectivity index (χ3n) is 4.62. The van der Waals surface area contributed by atoms with Gasteiger partial charge in [-0.3, -0.25) is 19.6 Å². The molecule has 27 heavy (non-hydrogen) atoms. The molecule has 1 aliphatic heterocycles. The Hall–Kier alpha value is -2.59. The molecule has 2 rings (SSSR count). The van der Waals surface area contributed by atoms with E-state index in [1.165, 1.54) is 22.9 Å². The van der Waals surface area contributed by atoms with Gasteiger partial charge in [0.1, 0.15) is 24.3 Å². The molecule has 0 saturated carbocycles. The number of hydrogen-bond acceptors (Lipinski definition) is 7. The van der Waals surface area contributed by atoms with Crippen molar-refractivity contribution in [1.82, 2.24) is 20.3 Å². The summed E-state index contributed by atoms with van der Waals surface area (Å²) < 4.78 is 0. The van der Waals surface area contributed by atoms with Crippen molar-refractivity contribution in [2.45, 2.75) is 51.2 Å². The summed E-state index contributed by atoms with van der Waals surface area (Å²) in [6.45, 7) is 2.28. The minimum atomic E-state index is -1.68. The number of likely N-dealkylation sites (tertiary alicyclic amines) is 1. The Bertz CT molecular complexity index is 656. The lowest BCUT2D eigenvalue weighted by Crippen LogP contribution is -2.50. The maximum Gasteiger partial charge on any atom is 0.272 e. The van der Waals surface area contributed by atoms with Gasteiger partial charge in [0, 0.05) is 12.7 Å². The molecule has 1 aromatic heterocycles. The molecule has 3 atom stereocenters. The molecule has 1 fully saturated rings. The molecule has 148 valence electrons. The monoisotopic (exact) mass is 379 g/mol. The molecule has 1 aromatic rings. The zero-order chi connectivity index (χ0) is 19.8. The Morgan fingerprint density at radius 3 is 2.81 bits per heavy atom. The van der Waals surface area contributed by atoms with E-state index in [4.69, 9.17) is 5.21 Å². The van der Waals surface area contributed by atoms with E-state index >= 15 is 0 Å². The third kappa shape index (κ3) is 5.20. The predicted molar refractivity (Wildman–Crippen MR) is 94.3 cm³/mol. The number of nitrogens with zero attached hydrogens (tertiary/aromatic N) is 3. The summed E-state index contributed by atoms with van der Waals surface area (Å²) in [5.41, 5.74) is 1.38. The number of aliphatic hydroxyl groups is 1. The molecule has 0 bridgehead atoms. The summed E-state index contributed by atoms with van der Waals surface area (Å²) in [4.78, 5) is 46.3. The van der Waals surface area contributed by atoms with Crippen molar-refractivity contribution in [2.75, 3.05) is 11.9 Å². The highest BCUT2D eigenvalue weighted by Crippen LogP contribution is 2.25. The first-order valence-corrected chi connectivity index (χ1v) is 8.99. The van der Waals surface area contributed by atoms with E-state index < -0.39 is 29.9 Å². The average Bonchev–Trinajstić information content (AvgIpc) is 3.18. The fraction of sp³-hybridized carbons (Fsp3) is 0.588. The first kappa shape index (κ1) is 20.7. The van der Waals surface area contributed by atoms with Crippen molar-refractivity contribution in [1.29, 1.82) is 0 Å². The number of amides is 3. The van der Waals surface area contributed by atoms with Gasteiger partial charge in [-0.1, -0.05) is 19.8 Å². The average molecular weight is 379 g/mol. The summed E-state index contributed by atoms with van der Waals surface area (Å²) >= 11 is 0. The van der Waals surface area contributed by atoms with Gasteiger partial charge in [0.25, 0.3) is 5.91 Å². The van der Waals surface area contributed by atoms with Crippen LogP contribution in [0, 0.1) is 5.92 Å². The summed E-state index contributed by atoms with van der Waals surface area (Å²) in [6, 6.07) is 0.833. The van der Waals surface area contributed by atoms with Crippen molar-refractivity contribution >= 4 is 23.5 Å². The fourth-order valence-electron chi connectivity index (χ4n) is 3.18. The van der Waals surface area contributed by atoms with E-state index in [0.717, 1.165) is 6.42 Å². The van der Waals surface area contributed by atoms with E-state index in [9.17, 15) is 19.5 Å². The minimum absolute atomic E-state index is 0.278. The minimum Gasteiger partial charge on any atom is -0.382 e. The zero-order valence-corrected chi connectivity index (χ0v) is 15.2. The third-order valence-corrected chi connectivity index (χ3v) is 4.62. The lowest BCUT2D eigenvalue weighted by atomic mass is 9.93. The number of aliphatic hydroxyl groups excluding tert-OH is 1. The topological polar surface area (TPSA) is 145 Å². The Kier molecular flexibility index (Phi) is 7.62. The quantitative estimate of drug-likeness (QED) is 0.370. The van der Waals surface area contributed by atoms with Crippen LogP contribution < -0.4 is 10.8 Å². The van der Waals surface area contributed by atoms with Crippen molar-refractivity contribution < 1.29 is 24.7 Å². The first-order valence-electron chi connectivity index (χ1n) is 8.99. The molecule has 10 nitrogen and oxygen atoms in total. The summed E-state index contributed by atoms with van der Waals surface area (Å²) in [5, 5.41) is 21.6. The number of aromatic nitrogens is 2. The smallest absolute Gasteiger partial charge is 0.272 e. The van der Waals surface area contributed by atoms with Gasteiger partial charge in [-0.2, -0.15) is 0 Å². The van der Waals surface area contributed by atoms with Gasteiger partial charge in [-0.25, -0.2) is 15.4 Å². The molecule has 1 saturated heterocycles. The fourth-order valence-corrected chi connectivity index (χ4v) is 3.18. The van der Waals surface area contributed by atoms with Crippen LogP contribution in [0.3, 0.4) is 0 Å². The van der Waals surface area contributed by atoms with Crippen LogP contribution in [-0.2, 0) is 14.4 Å². The van der Waals surface area contributed by atoms with Crippen LogP contribution in [0.25, 0.3) is 0 Å². The van der Waals surface area contributed by atoms with E-state index in [1.807, 2.05) is 6.92 Å². The van der Waals surface area contributed by atoms with Crippen LogP contribution in [0.1, 0.15) is 39.0 Å². The van der Waals surface area contributed by atoms with E-state index in [1.54, 1.807) is 6.07 Å². The molecule has 0 aromatic carbocycles. The van der Waals surface area contributed by atoms with Gasteiger partial charge in [-0.05, 0) is 25.3 Å². The van der Waals surface area contributed by atoms with Gasteiger partial charge < -0.3 is 15.3 Å². The van der Waals surface area contributed by atoms with Crippen molar-refractivity contribution in [2.24, 2.45) is 5.92 Å². The van der Waals surface area contributed by atoms with Crippen molar-refractivity contribution in [3.05, 3.63) is 18.6 Å². The second kappa shape index (κ2) is 9.93. The highest BCUT2D eigenvalue weighted by molar-refractivity contribution is 5.98. The summed E-state index contributed by atoms with van der Waals surface area (Å²) in [7, 11) is 0. The van der Waals surface area contributed by atoms with Crippen LogP contribution in [0.2, 0.25) is 0 Å². The molecule has 0 spiro atoms. The highest BCUT2D eigenvalue weighted by Gasteiger charge is 2.41. The van der Waals surface area contributed by atoms with E-state index in [0.29, 0.717) is 31.6 Å². The molecule has 4 N–H and O–H groups in total. The predicted octanol–water partition coefficient (Wildman–Crippen LogP) is 0.0788. The van der Waals surface area contributed by atoms with Gasteiger partial charge >= 0.3 is 0 Å². The lowest BCUT2D eigenvalue weighted by Gasteiger charge is -2.29. The Morgan fingerprint density at radius 2 is 2.19 bits per heavy atom. The van der Waals surface area contributed by atoms with E-state index in [-0.39, 0.29) is 12.3 Å². The van der Waals surface area contributed by atoms with Crippen molar-refractivity contribution in [3.63, 3.8) is 0 Å². The lowest BCUT2D eigenvalue weighted by molar-refractivity contribution is -0.152. The number of carbonyl (C=O) groups excluding carboxylic acids is 3. The Labute approximate surface area is 156 Å². The Balaban J connectivity index is 2.12. The molecule has 10 heteroatoms. The molecule has 3 unspecified atom stereocenters. The normalized spacial score (nSPS) is 18.6. The second-order valence-corrected chi connectivity index (χ2v) is 6.44. The van der Waals surface area contributed by atoms with Gasteiger partial charge in [0.15, 0.2) is 0 Å². The molecule has 0 radical (unpaired) electrons. The standard InChI is InChI=1S/C17H25N5O5/c1-2-3-5-11(14(23)16(25)21-27)17(26)22-9-4-6-12(22)15(24)20-13-7-8-18-10-19-13/h7-8,10-12,14,23,27H,2-6,9H2,1H3,(H,21,25)(H,18,19,20,24). The van der Waals surface area contributed by atoms with Crippen molar-refractivity contribution in [3.8, 4) is 0 Å². The molecule has 0 aliphatic carbocycles. The number of unbranched alkanes of at least 4 members (excludes halogenated alkanes) is 1. The zero-order valence-electron chi connectivity index (χ0n) is 15.2.